The van der Waals surface area contributed by atoms with Crippen LogP contribution in [0.3, 0.4) is 0 Å². The molecule has 29 heavy (non-hydrogen) atoms. The fourth-order valence-corrected chi connectivity index (χ4v) is 3.26. The van der Waals surface area contributed by atoms with Crippen molar-refractivity contribution in [2.75, 3.05) is 4.90 Å². The van der Waals surface area contributed by atoms with E-state index in [1.54, 1.807) is 22.9 Å². The molecule has 2 aromatic carbocycles. The molecule has 1 aromatic heterocycles. The standard InChI is InChI=1S/C21H13FN4O3/c22-14-4-3-5-15(11-14)26-20(28)17(19(27)24-21(26)29)10-13-12-25(9-8-23)18-7-2-1-6-16(13)18/h1-7,10-12H,9H2,(H,24,27,29)/b17-10+. The van der Waals surface area contributed by atoms with Crippen molar-refractivity contribution in [2.45, 2.75) is 6.54 Å². The van der Waals surface area contributed by atoms with E-state index in [1.807, 2.05) is 12.1 Å². The summed E-state index contributed by atoms with van der Waals surface area (Å²) in [6, 6.07) is 13.3. The minimum absolute atomic E-state index is 0.0119. The fourth-order valence-electron chi connectivity index (χ4n) is 3.26. The first-order valence-corrected chi connectivity index (χ1v) is 8.61. The van der Waals surface area contributed by atoms with Crippen LogP contribution in [0.1, 0.15) is 5.56 Å². The van der Waals surface area contributed by atoms with E-state index in [2.05, 4.69) is 11.4 Å². The maximum atomic E-state index is 13.6. The average molecular weight is 388 g/mol. The van der Waals surface area contributed by atoms with E-state index in [0.717, 1.165) is 17.0 Å². The van der Waals surface area contributed by atoms with E-state index in [4.69, 9.17) is 5.26 Å². The van der Waals surface area contributed by atoms with Crippen LogP contribution < -0.4 is 10.2 Å². The second-order valence-corrected chi connectivity index (χ2v) is 6.33. The molecule has 0 aliphatic carbocycles. The van der Waals surface area contributed by atoms with Gasteiger partial charge in [0, 0.05) is 22.7 Å². The maximum Gasteiger partial charge on any atom is 0.335 e. The van der Waals surface area contributed by atoms with Gasteiger partial charge in [-0.05, 0) is 30.3 Å². The first-order valence-electron chi connectivity index (χ1n) is 8.61. The number of amides is 4. The van der Waals surface area contributed by atoms with E-state index < -0.39 is 23.7 Å². The van der Waals surface area contributed by atoms with Crippen molar-refractivity contribution in [3.63, 3.8) is 0 Å². The van der Waals surface area contributed by atoms with Crippen LogP contribution in [-0.4, -0.2) is 22.4 Å². The molecule has 1 N–H and O–H groups in total. The Morgan fingerprint density at radius 3 is 2.66 bits per heavy atom. The Morgan fingerprint density at radius 2 is 1.90 bits per heavy atom. The van der Waals surface area contributed by atoms with Gasteiger partial charge in [0.1, 0.15) is 17.9 Å². The number of urea groups is 1. The summed E-state index contributed by atoms with van der Waals surface area (Å²) >= 11 is 0. The fraction of sp³-hybridized carbons (Fsp3) is 0.0476. The SMILES string of the molecule is N#CCn1cc(/C=C2\C(=O)NC(=O)N(c3cccc(F)c3)C2=O)c2ccccc21. The van der Waals surface area contributed by atoms with Gasteiger partial charge in [0.25, 0.3) is 11.8 Å². The molecule has 1 saturated heterocycles. The quantitative estimate of drug-likeness (QED) is 0.551. The molecule has 0 radical (unpaired) electrons. The first kappa shape index (κ1) is 18.1. The number of nitriles is 1. The molecule has 0 unspecified atom stereocenters. The average Bonchev–Trinajstić information content (AvgIpc) is 3.03. The van der Waals surface area contributed by atoms with Crippen LogP contribution in [0.4, 0.5) is 14.9 Å². The van der Waals surface area contributed by atoms with Crippen LogP contribution in [0.15, 0.2) is 60.3 Å². The van der Waals surface area contributed by atoms with Crippen molar-refractivity contribution >= 4 is 40.5 Å². The van der Waals surface area contributed by atoms with Gasteiger partial charge in [0.15, 0.2) is 0 Å². The smallest absolute Gasteiger partial charge is 0.333 e. The Morgan fingerprint density at radius 1 is 1.10 bits per heavy atom. The third kappa shape index (κ3) is 3.15. The van der Waals surface area contributed by atoms with Gasteiger partial charge in [0.05, 0.1) is 11.8 Å². The Kier molecular flexibility index (Phi) is 4.41. The number of anilines is 1. The third-order valence-electron chi connectivity index (χ3n) is 4.53. The Hall–Kier alpha value is -4.25. The van der Waals surface area contributed by atoms with Crippen molar-refractivity contribution in [1.82, 2.24) is 9.88 Å². The van der Waals surface area contributed by atoms with Gasteiger partial charge < -0.3 is 4.57 Å². The highest BCUT2D eigenvalue weighted by atomic mass is 19.1. The summed E-state index contributed by atoms with van der Waals surface area (Å²) in [6.07, 6.45) is 3.02. The normalized spacial score (nSPS) is 15.7. The lowest BCUT2D eigenvalue weighted by molar-refractivity contribution is -0.122. The molecule has 4 amide bonds. The van der Waals surface area contributed by atoms with E-state index >= 15 is 0 Å². The summed E-state index contributed by atoms with van der Waals surface area (Å²) < 4.78 is 15.3. The number of hydrogen-bond acceptors (Lipinski definition) is 4. The number of fused-ring (bicyclic) bond motifs is 1. The zero-order valence-corrected chi connectivity index (χ0v) is 14.9. The van der Waals surface area contributed by atoms with Crippen LogP contribution in [0.5, 0.6) is 0 Å². The predicted octanol–water partition coefficient (Wildman–Crippen LogP) is 2.97. The van der Waals surface area contributed by atoms with Crippen molar-refractivity contribution in [3.8, 4) is 6.07 Å². The molecule has 3 aromatic rings. The number of aromatic nitrogens is 1. The number of imide groups is 2. The lowest BCUT2D eigenvalue weighted by Crippen LogP contribution is -2.54. The van der Waals surface area contributed by atoms with E-state index in [0.29, 0.717) is 10.5 Å². The number of rotatable bonds is 3. The van der Waals surface area contributed by atoms with Gasteiger partial charge in [-0.2, -0.15) is 5.26 Å². The minimum Gasteiger partial charge on any atom is -0.333 e. The summed E-state index contributed by atoms with van der Waals surface area (Å²) in [5, 5.41) is 11.9. The molecular weight excluding hydrogens is 375 g/mol. The number of carbonyl (C=O) groups is 3. The van der Waals surface area contributed by atoms with Crippen LogP contribution in [-0.2, 0) is 16.1 Å². The zero-order chi connectivity index (χ0) is 20.5. The zero-order valence-electron chi connectivity index (χ0n) is 14.9. The van der Waals surface area contributed by atoms with Crippen molar-refractivity contribution in [2.24, 2.45) is 0 Å². The van der Waals surface area contributed by atoms with Gasteiger partial charge in [-0.25, -0.2) is 14.1 Å². The van der Waals surface area contributed by atoms with Gasteiger partial charge in [-0.1, -0.05) is 24.3 Å². The topological polar surface area (TPSA) is 95.2 Å². The number of nitrogens with zero attached hydrogens (tertiary/aromatic N) is 3. The lowest BCUT2D eigenvalue weighted by atomic mass is 10.1. The number of benzene rings is 2. The summed E-state index contributed by atoms with van der Waals surface area (Å²) in [4.78, 5) is 38.2. The monoisotopic (exact) mass is 388 g/mol. The molecular formula is C21H13FN4O3. The van der Waals surface area contributed by atoms with Gasteiger partial charge in [-0.3, -0.25) is 14.9 Å². The highest BCUT2D eigenvalue weighted by Crippen LogP contribution is 2.26. The number of nitrogens with one attached hydrogen (secondary N) is 1. The van der Waals surface area contributed by atoms with Crippen molar-refractivity contribution in [1.29, 1.82) is 5.26 Å². The first-order chi connectivity index (χ1) is 14.0. The van der Waals surface area contributed by atoms with Crippen molar-refractivity contribution in [3.05, 3.63) is 71.7 Å². The molecule has 142 valence electrons. The molecule has 1 aliphatic rings. The van der Waals surface area contributed by atoms with Crippen LogP contribution in [0.25, 0.3) is 17.0 Å². The van der Waals surface area contributed by atoms with E-state index in [9.17, 15) is 18.8 Å². The molecule has 1 fully saturated rings. The van der Waals surface area contributed by atoms with Crippen molar-refractivity contribution < 1.29 is 18.8 Å². The summed E-state index contributed by atoms with van der Waals surface area (Å²) in [7, 11) is 0. The molecule has 0 atom stereocenters. The minimum atomic E-state index is -0.949. The van der Waals surface area contributed by atoms with E-state index in [1.165, 1.54) is 24.3 Å². The van der Waals surface area contributed by atoms with Gasteiger partial charge in [0.2, 0.25) is 0 Å². The number of hydrogen-bond donors (Lipinski definition) is 1. The lowest BCUT2D eigenvalue weighted by Gasteiger charge is -2.26. The molecule has 0 saturated carbocycles. The summed E-state index contributed by atoms with van der Waals surface area (Å²) in [5.74, 6) is -2.32. The van der Waals surface area contributed by atoms with Gasteiger partial charge in [-0.15, -0.1) is 0 Å². The Balaban J connectivity index is 1.82. The third-order valence-corrected chi connectivity index (χ3v) is 4.53. The molecule has 2 heterocycles. The highest BCUT2D eigenvalue weighted by Gasteiger charge is 2.37. The number of barbiturate groups is 1. The molecule has 0 bridgehead atoms. The Labute approximate surface area is 164 Å². The number of carbonyl (C=O) groups excluding carboxylic acids is 3. The van der Waals surface area contributed by atoms with Crippen LogP contribution in [0.2, 0.25) is 0 Å². The van der Waals surface area contributed by atoms with Crippen LogP contribution in [0, 0.1) is 17.1 Å². The molecule has 8 heteroatoms. The molecule has 1 aliphatic heterocycles. The molecule has 7 nitrogen and oxygen atoms in total. The maximum absolute atomic E-state index is 13.6. The number of halogens is 1. The van der Waals surface area contributed by atoms with Crippen LogP contribution >= 0.6 is 0 Å². The predicted molar refractivity (Wildman–Crippen MR) is 103 cm³/mol. The summed E-state index contributed by atoms with van der Waals surface area (Å²) in [6.45, 7) is 0.0950. The van der Waals surface area contributed by atoms with Gasteiger partial charge >= 0.3 is 6.03 Å². The summed E-state index contributed by atoms with van der Waals surface area (Å²) in [5.41, 5.74) is 1.05. The number of para-hydroxylation sites is 1. The second-order valence-electron chi connectivity index (χ2n) is 6.33. The van der Waals surface area contributed by atoms with E-state index in [-0.39, 0.29) is 17.8 Å². The molecule has 4 rings (SSSR count). The Bertz CT molecular complexity index is 1250. The molecule has 0 spiro atoms. The largest absolute Gasteiger partial charge is 0.335 e. The highest BCUT2D eigenvalue weighted by molar-refractivity contribution is 6.39. The second kappa shape index (κ2) is 7.05.